The van der Waals surface area contributed by atoms with E-state index in [9.17, 15) is 5.11 Å². The molecule has 17 heavy (non-hydrogen) atoms. The number of rotatable bonds is 5. The van der Waals surface area contributed by atoms with E-state index in [2.05, 4.69) is 18.7 Å². The van der Waals surface area contributed by atoms with Gasteiger partial charge >= 0.3 is 0 Å². The molecule has 0 aromatic heterocycles. The molecule has 2 heterocycles. The van der Waals surface area contributed by atoms with Crippen LogP contribution in [-0.4, -0.2) is 49.0 Å². The first-order chi connectivity index (χ1) is 8.19. The van der Waals surface area contributed by atoms with Gasteiger partial charge in [-0.15, -0.1) is 0 Å². The van der Waals surface area contributed by atoms with Crippen molar-refractivity contribution in [2.24, 2.45) is 11.3 Å². The van der Waals surface area contributed by atoms with Crippen LogP contribution < -0.4 is 0 Å². The molecule has 3 heteroatoms. The molecular formula is C14H27NO2. The van der Waals surface area contributed by atoms with Gasteiger partial charge in [-0.3, -0.25) is 4.90 Å². The van der Waals surface area contributed by atoms with Crippen molar-refractivity contribution in [1.82, 2.24) is 4.90 Å². The Morgan fingerprint density at radius 1 is 1.18 bits per heavy atom. The topological polar surface area (TPSA) is 32.7 Å². The number of aliphatic hydroxyl groups excluding tert-OH is 1. The standard InChI is InChI=1S/C14H27NO2/c1-3-12(4-2)13(16)9-15-10-14(11-15)5-7-17-8-6-14/h12-13,16H,3-11H2,1-2H3. The van der Waals surface area contributed by atoms with Crippen LogP contribution in [0, 0.1) is 11.3 Å². The van der Waals surface area contributed by atoms with Crippen LogP contribution in [-0.2, 0) is 4.74 Å². The Bertz CT molecular complexity index is 226. The summed E-state index contributed by atoms with van der Waals surface area (Å²) in [5.74, 6) is 0.473. The summed E-state index contributed by atoms with van der Waals surface area (Å²) in [6.45, 7) is 9.43. The Labute approximate surface area is 105 Å². The molecule has 0 aliphatic carbocycles. The van der Waals surface area contributed by atoms with Gasteiger partial charge in [-0.25, -0.2) is 0 Å². The van der Waals surface area contributed by atoms with E-state index in [4.69, 9.17) is 4.74 Å². The van der Waals surface area contributed by atoms with Gasteiger partial charge in [-0.1, -0.05) is 26.7 Å². The summed E-state index contributed by atoms with van der Waals surface area (Å²) in [4.78, 5) is 2.42. The second-order valence-corrected chi connectivity index (χ2v) is 5.93. The molecule has 2 saturated heterocycles. The van der Waals surface area contributed by atoms with Crippen molar-refractivity contribution in [3.05, 3.63) is 0 Å². The molecule has 2 aliphatic rings. The lowest BCUT2D eigenvalue weighted by atomic mass is 9.73. The first-order valence-electron chi connectivity index (χ1n) is 7.17. The lowest BCUT2D eigenvalue weighted by Gasteiger charge is -2.53. The van der Waals surface area contributed by atoms with Gasteiger partial charge in [0, 0.05) is 38.3 Å². The molecule has 2 fully saturated rings. The van der Waals surface area contributed by atoms with Crippen LogP contribution in [0.5, 0.6) is 0 Å². The number of nitrogens with zero attached hydrogens (tertiary/aromatic N) is 1. The maximum absolute atomic E-state index is 10.2. The Balaban J connectivity index is 1.72. The minimum Gasteiger partial charge on any atom is -0.392 e. The van der Waals surface area contributed by atoms with Crippen LogP contribution in [0.4, 0.5) is 0 Å². The number of hydrogen-bond donors (Lipinski definition) is 1. The van der Waals surface area contributed by atoms with Crippen LogP contribution in [0.1, 0.15) is 39.5 Å². The predicted molar refractivity (Wildman–Crippen MR) is 69.0 cm³/mol. The van der Waals surface area contributed by atoms with Crippen molar-refractivity contribution < 1.29 is 9.84 Å². The van der Waals surface area contributed by atoms with Gasteiger partial charge in [0.25, 0.3) is 0 Å². The number of ether oxygens (including phenoxy) is 1. The Hall–Kier alpha value is -0.120. The fourth-order valence-electron chi connectivity index (χ4n) is 3.40. The molecule has 0 radical (unpaired) electrons. The third-order valence-corrected chi connectivity index (χ3v) is 4.71. The van der Waals surface area contributed by atoms with Crippen LogP contribution in [0.3, 0.4) is 0 Å². The summed E-state index contributed by atoms with van der Waals surface area (Å²) in [6.07, 6.45) is 4.46. The number of aliphatic hydroxyl groups is 1. The molecule has 2 aliphatic heterocycles. The highest BCUT2D eigenvalue weighted by Gasteiger charge is 2.44. The highest BCUT2D eigenvalue weighted by atomic mass is 16.5. The monoisotopic (exact) mass is 241 g/mol. The van der Waals surface area contributed by atoms with Crippen molar-refractivity contribution in [1.29, 1.82) is 0 Å². The highest BCUT2D eigenvalue weighted by molar-refractivity contribution is 4.96. The number of likely N-dealkylation sites (tertiary alicyclic amines) is 1. The fraction of sp³-hybridized carbons (Fsp3) is 1.00. The zero-order chi connectivity index (χ0) is 12.3. The van der Waals surface area contributed by atoms with E-state index < -0.39 is 0 Å². The molecule has 1 spiro atoms. The van der Waals surface area contributed by atoms with E-state index in [0.717, 1.165) is 32.6 Å². The Kier molecular flexibility index (Phi) is 4.45. The quantitative estimate of drug-likeness (QED) is 0.798. The van der Waals surface area contributed by atoms with Gasteiger partial charge in [-0.2, -0.15) is 0 Å². The average molecular weight is 241 g/mol. The summed E-state index contributed by atoms with van der Waals surface area (Å²) >= 11 is 0. The molecule has 1 unspecified atom stereocenters. The first kappa shape index (κ1) is 13.3. The van der Waals surface area contributed by atoms with Crippen LogP contribution in [0.15, 0.2) is 0 Å². The molecule has 2 rings (SSSR count). The van der Waals surface area contributed by atoms with Gasteiger partial charge in [0.05, 0.1) is 6.10 Å². The number of β-amino-alcohol motifs (C(OH)–C–C–N with tert-alkyl or cyclic N) is 1. The van der Waals surface area contributed by atoms with Gasteiger partial charge in [0.2, 0.25) is 0 Å². The van der Waals surface area contributed by atoms with Crippen molar-refractivity contribution in [2.75, 3.05) is 32.8 Å². The lowest BCUT2D eigenvalue weighted by molar-refractivity contribution is -0.0960. The van der Waals surface area contributed by atoms with E-state index in [0.29, 0.717) is 11.3 Å². The summed E-state index contributed by atoms with van der Waals surface area (Å²) in [6, 6.07) is 0. The Morgan fingerprint density at radius 2 is 1.76 bits per heavy atom. The Morgan fingerprint density at radius 3 is 2.29 bits per heavy atom. The maximum Gasteiger partial charge on any atom is 0.0695 e. The van der Waals surface area contributed by atoms with Crippen LogP contribution in [0.25, 0.3) is 0 Å². The van der Waals surface area contributed by atoms with Crippen LogP contribution in [0.2, 0.25) is 0 Å². The second-order valence-electron chi connectivity index (χ2n) is 5.93. The molecule has 1 atom stereocenters. The SMILES string of the molecule is CCC(CC)C(O)CN1CC2(CCOCC2)C1. The van der Waals surface area contributed by atoms with E-state index in [-0.39, 0.29) is 6.10 Å². The third-order valence-electron chi connectivity index (χ3n) is 4.71. The summed E-state index contributed by atoms with van der Waals surface area (Å²) < 4.78 is 5.42. The zero-order valence-electron chi connectivity index (χ0n) is 11.3. The van der Waals surface area contributed by atoms with E-state index in [1.807, 2.05) is 0 Å². The highest BCUT2D eigenvalue weighted by Crippen LogP contribution is 2.39. The first-order valence-corrected chi connectivity index (χ1v) is 7.17. The number of hydrogen-bond acceptors (Lipinski definition) is 3. The summed E-state index contributed by atoms with van der Waals surface area (Å²) in [7, 11) is 0. The minimum atomic E-state index is -0.137. The minimum absolute atomic E-state index is 0.137. The van der Waals surface area contributed by atoms with Gasteiger partial charge in [0.1, 0.15) is 0 Å². The van der Waals surface area contributed by atoms with Gasteiger partial charge < -0.3 is 9.84 Å². The van der Waals surface area contributed by atoms with Crippen molar-refractivity contribution >= 4 is 0 Å². The normalized spacial score (nSPS) is 26.1. The van der Waals surface area contributed by atoms with Crippen molar-refractivity contribution in [3.63, 3.8) is 0 Å². The molecule has 0 amide bonds. The van der Waals surface area contributed by atoms with E-state index >= 15 is 0 Å². The average Bonchev–Trinajstić information content (AvgIpc) is 2.30. The molecule has 3 nitrogen and oxygen atoms in total. The zero-order valence-corrected chi connectivity index (χ0v) is 11.3. The third kappa shape index (κ3) is 3.01. The molecule has 0 saturated carbocycles. The van der Waals surface area contributed by atoms with Crippen molar-refractivity contribution in [3.8, 4) is 0 Å². The molecule has 1 N–H and O–H groups in total. The summed E-state index contributed by atoms with van der Waals surface area (Å²) in [5, 5.41) is 10.2. The second kappa shape index (κ2) is 5.68. The molecule has 0 aromatic carbocycles. The summed E-state index contributed by atoms with van der Waals surface area (Å²) in [5.41, 5.74) is 0.534. The van der Waals surface area contributed by atoms with Gasteiger partial charge in [-0.05, 0) is 18.8 Å². The predicted octanol–water partition coefficient (Wildman–Crippen LogP) is 1.90. The van der Waals surface area contributed by atoms with Crippen LogP contribution >= 0.6 is 0 Å². The van der Waals surface area contributed by atoms with E-state index in [1.54, 1.807) is 0 Å². The maximum atomic E-state index is 10.2. The largest absolute Gasteiger partial charge is 0.392 e. The fourth-order valence-corrected chi connectivity index (χ4v) is 3.40. The molecular weight excluding hydrogens is 214 g/mol. The lowest BCUT2D eigenvalue weighted by Crippen LogP contribution is -2.60. The van der Waals surface area contributed by atoms with Crippen molar-refractivity contribution in [2.45, 2.75) is 45.6 Å². The smallest absolute Gasteiger partial charge is 0.0695 e. The van der Waals surface area contributed by atoms with E-state index in [1.165, 1.54) is 25.9 Å². The molecule has 0 aromatic rings. The molecule has 0 bridgehead atoms. The molecule has 100 valence electrons. The van der Waals surface area contributed by atoms with Gasteiger partial charge in [0.15, 0.2) is 0 Å².